The Hall–Kier alpha value is -0.940. The summed E-state index contributed by atoms with van der Waals surface area (Å²) in [5.41, 5.74) is 1.46. The van der Waals surface area contributed by atoms with Gasteiger partial charge in [0, 0.05) is 31.2 Å². The third kappa shape index (κ3) is 14.0. The van der Waals surface area contributed by atoms with Crippen molar-refractivity contribution in [3.05, 3.63) is 30.1 Å². The molecule has 0 saturated heterocycles. The van der Waals surface area contributed by atoms with Gasteiger partial charge in [0.2, 0.25) is 0 Å². The predicted molar refractivity (Wildman–Crippen MR) is 89.6 cm³/mol. The van der Waals surface area contributed by atoms with E-state index in [1.165, 1.54) is 57.2 Å². The highest BCUT2D eigenvalue weighted by Gasteiger charge is 2.05. The zero-order valence-corrected chi connectivity index (χ0v) is 15.1. The molecule has 1 heterocycles. The summed E-state index contributed by atoms with van der Waals surface area (Å²) in [5, 5.41) is 0. The van der Waals surface area contributed by atoms with Crippen LogP contribution < -0.4 is 4.57 Å². The highest BCUT2D eigenvalue weighted by atomic mass is 32.2. The zero-order valence-electron chi connectivity index (χ0n) is 14.3. The Morgan fingerprint density at radius 3 is 2.09 bits per heavy atom. The van der Waals surface area contributed by atoms with Crippen LogP contribution in [0.3, 0.4) is 0 Å². The lowest BCUT2D eigenvalue weighted by Gasteiger charge is -2.02. The lowest BCUT2D eigenvalue weighted by atomic mass is 10.1. The lowest BCUT2D eigenvalue weighted by Crippen LogP contribution is -2.37. The second-order valence-corrected chi connectivity index (χ2v) is 6.97. The van der Waals surface area contributed by atoms with E-state index in [4.69, 9.17) is 13.0 Å². The van der Waals surface area contributed by atoms with Crippen LogP contribution in [0.25, 0.3) is 0 Å². The van der Waals surface area contributed by atoms with E-state index in [0.717, 1.165) is 6.42 Å². The summed E-state index contributed by atoms with van der Waals surface area (Å²) in [5.74, 6) is 0. The number of unbranched alkanes of at least 4 members (excludes halogenated alkanes) is 6. The summed E-state index contributed by atoms with van der Waals surface area (Å²) >= 11 is 0. The molecule has 1 aromatic rings. The number of hydrogen-bond acceptors (Lipinski definition) is 3. The van der Waals surface area contributed by atoms with Crippen LogP contribution >= 0.6 is 0 Å². The van der Waals surface area contributed by atoms with Gasteiger partial charge in [0.25, 0.3) is 0 Å². The third-order valence-electron chi connectivity index (χ3n) is 3.40. The Kier molecular flexibility index (Phi) is 12.1. The molecule has 22 heavy (non-hydrogen) atoms. The third-order valence-corrected chi connectivity index (χ3v) is 3.40. The maximum Gasteiger partial charge on any atom is 0.181 e. The number of rotatable bonds is 9. The first-order valence-electron chi connectivity index (χ1n) is 8.26. The molecule has 1 rings (SSSR count). The molecule has 0 bridgehead atoms. The second kappa shape index (κ2) is 12.6. The van der Waals surface area contributed by atoms with Crippen LogP contribution in [-0.2, 0) is 23.1 Å². The molecule has 0 aliphatic carbocycles. The van der Waals surface area contributed by atoms with Crippen molar-refractivity contribution in [1.29, 1.82) is 0 Å². The number of nitrogens with zero attached hydrogens (tertiary/aromatic N) is 1. The molecular weight excluding hydrogens is 298 g/mol. The normalized spacial score (nSPS) is 10.9. The van der Waals surface area contributed by atoms with E-state index in [1.54, 1.807) is 0 Å². The highest BCUT2D eigenvalue weighted by Crippen LogP contribution is 2.06. The molecule has 0 N–H and O–H groups in total. The van der Waals surface area contributed by atoms with Gasteiger partial charge in [-0.05, 0) is 6.42 Å². The minimum Gasteiger partial charge on any atom is -0.748 e. The lowest BCUT2D eigenvalue weighted by molar-refractivity contribution is -0.704. The van der Waals surface area contributed by atoms with E-state index < -0.39 is 10.1 Å². The van der Waals surface area contributed by atoms with Gasteiger partial charge in [-0.1, -0.05) is 52.0 Å². The van der Waals surface area contributed by atoms with Crippen molar-refractivity contribution in [2.75, 3.05) is 6.26 Å². The second-order valence-electron chi connectivity index (χ2n) is 5.56. The van der Waals surface area contributed by atoms with Gasteiger partial charge in [0.15, 0.2) is 11.9 Å². The van der Waals surface area contributed by atoms with E-state index in [9.17, 15) is 0 Å². The van der Waals surface area contributed by atoms with Crippen molar-refractivity contribution in [3.63, 3.8) is 0 Å². The van der Waals surface area contributed by atoms with E-state index in [2.05, 4.69) is 42.8 Å². The first-order valence-corrected chi connectivity index (χ1v) is 10.1. The average molecular weight is 330 g/mol. The molecular formula is C17H31NO3S. The summed E-state index contributed by atoms with van der Waals surface area (Å²) in [6, 6.07) is 6.52. The minimum absolute atomic E-state index is 0.604. The van der Waals surface area contributed by atoms with Gasteiger partial charge >= 0.3 is 0 Å². The first-order chi connectivity index (χ1) is 10.4. The quantitative estimate of drug-likeness (QED) is 0.396. The summed E-state index contributed by atoms with van der Waals surface area (Å²) < 4.78 is 29.6. The molecule has 0 unspecified atom stereocenters. The minimum atomic E-state index is -3.92. The fourth-order valence-electron chi connectivity index (χ4n) is 2.29. The Labute approximate surface area is 136 Å². The van der Waals surface area contributed by atoms with Crippen LogP contribution in [0.4, 0.5) is 0 Å². The van der Waals surface area contributed by atoms with Gasteiger partial charge in [0.05, 0.1) is 10.1 Å². The highest BCUT2D eigenvalue weighted by molar-refractivity contribution is 7.84. The monoisotopic (exact) mass is 329 g/mol. The molecule has 128 valence electrons. The molecule has 0 aliphatic rings. The van der Waals surface area contributed by atoms with Gasteiger partial charge in [-0.15, -0.1) is 0 Å². The fourth-order valence-corrected chi connectivity index (χ4v) is 2.29. The Morgan fingerprint density at radius 1 is 1.00 bits per heavy atom. The van der Waals surface area contributed by atoms with Crippen LogP contribution in [0, 0.1) is 0 Å². The maximum atomic E-state index is 9.08. The summed E-state index contributed by atoms with van der Waals surface area (Å²) in [7, 11) is -3.92. The van der Waals surface area contributed by atoms with Crippen LogP contribution in [0.5, 0.6) is 0 Å². The molecule has 0 fully saturated rings. The SMILES string of the molecule is CCCCCCCCC[n+]1ccccc1CC.CS(=O)(=O)[O-]. The van der Waals surface area contributed by atoms with E-state index in [0.29, 0.717) is 6.26 Å². The summed E-state index contributed by atoms with van der Waals surface area (Å²) in [6.07, 6.45) is 13.7. The van der Waals surface area contributed by atoms with E-state index in [1.807, 2.05) is 0 Å². The number of pyridine rings is 1. The van der Waals surface area contributed by atoms with Gasteiger partial charge < -0.3 is 4.55 Å². The van der Waals surface area contributed by atoms with Gasteiger partial charge in [-0.2, -0.15) is 0 Å². The molecule has 0 amide bonds. The van der Waals surface area contributed by atoms with Crippen molar-refractivity contribution in [2.24, 2.45) is 0 Å². The molecule has 0 saturated carbocycles. The molecule has 4 nitrogen and oxygen atoms in total. The van der Waals surface area contributed by atoms with Crippen molar-refractivity contribution in [2.45, 2.75) is 71.8 Å². The smallest absolute Gasteiger partial charge is 0.181 e. The standard InChI is InChI=1S/C16H28N.CH4O3S/c1-3-5-6-7-8-9-11-14-17-15-12-10-13-16(17)4-2;1-5(2,3)4/h10,12-13,15H,3-9,11,14H2,1-2H3;1H3,(H,2,3,4)/q+1;/p-1. The maximum absolute atomic E-state index is 9.08. The molecule has 1 aromatic heterocycles. The average Bonchev–Trinajstić information content (AvgIpc) is 2.45. The summed E-state index contributed by atoms with van der Waals surface area (Å²) in [4.78, 5) is 0. The van der Waals surface area contributed by atoms with Crippen molar-refractivity contribution in [3.8, 4) is 0 Å². The van der Waals surface area contributed by atoms with Crippen LogP contribution in [0.1, 0.15) is 64.5 Å². The molecule has 5 heteroatoms. The Balaban J connectivity index is 0.000000763. The Bertz CT molecular complexity index is 478. The van der Waals surface area contributed by atoms with E-state index in [-0.39, 0.29) is 0 Å². The number of aromatic nitrogens is 1. The zero-order chi connectivity index (χ0) is 16.8. The number of aryl methyl sites for hydroxylation is 2. The van der Waals surface area contributed by atoms with Crippen molar-refractivity contribution >= 4 is 10.1 Å². The topological polar surface area (TPSA) is 61.1 Å². The van der Waals surface area contributed by atoms with Crippen molar-refractivity contribution in [1.82, 2.24) is 0 Å². The largest absolute Gasteiger partial charge is 0.748 e. The van der Waals surface area contributed by atoms with Gasteiger partial charge in [0.1, 0.15) is 6.54 Å². The molecule has 0 radical (unpaired) electrons. The number of hydrogen-bond donors (Lipinski definition) is 0. The molecule has 0 aliphatic heterocycles. The van der Waals surface area contributed by atoms with E-state index >= 15 is 0 Å². The molecule has 0 atom stereocenters. The van der Waals surface area contributed by atoms with Crippen molar-refractivity contribution < 1.29 is 17.5 Å². The summed E-state index contributed by atoms with van der Waals surface area (Å²) in [6.45, 7) is 5.70. The molecule has 0 spiro atoms. The van der Waals surface area contributed by atoms with Crippen LogP contribution in [-0.4, -0.2) is 19.2 Å². The van der Waals surface area contributed by atoms with Crippen LogP contribution in [0.2, 0.25) is 0 Å². The van der Waals surface area contributed by atoms with Gasteiger partial charge in [-0.3, -0.25) is 0 Å². The van der Waals surface area contributed by atoms with Crippen LogP contribution in [0.15, 0.2) is 24.4 Å². The Morgan fingerprint density at radius 2 is 1.55 bits per heavy atom. The first kappa shape index (κ1) is 21.1. The molecule has 0 aromatic carbocycles. The predicted octanol–water partition coefficient (Wildman–Crippen LogP) is 3.45. The van der Waals surface area contributed by atoms with Gasteiger partial charge in [-0.25, -0.2) is 13.0 Å². The fraction of sp³-hybridized carbons (Fsp3) is 0.706.